The zero-order valence-corrected chi connectivity index (χ0v) is 27.2. The number of hydrogen-bond acceptors (Lipinski definition) is 5. The lowest BCUT2D eigenvalue weighted by Crippen LogP contribution is -2.44. The average molecular weight is 590 g/mol. The number of amides is 1. The van der Waals surface area contributed by atoms with E-state index >= 15 is 0 Å². The second-order valence-electron chi connectivity index (χ2n) is 11.9. The molecule has 0 aromatic rings. The summed E-state index contributed by atoms with van der Waals surface area (Å²) in [7, 11) is 1.54. The van der Waals surface area contributed by atoms with Gasteiger partial charge in [-0.05, 0) is 25.7 Å². The molecule has 1 amide bonds. The summed E-state index contributed by atoms with van der Waals surface area (Å²) in [5.41, 5.74) is 0. The van der Waals surface area contributed by atoms with Crippen LogP contribution in [0.3, 0.4) is 0 Å². The van der Waals surface area contributed by atoms with Gasteiger partial charge in [-0.15, -0.1) is 0 Å². The third-order valence-electron chi connectivity index (χ3n) is 6.71. The molecule has 0 rings (SSSR count). The molecule has 0 bridgehead atoms. The molecule has 0 fully saturated rings. The van der Waals surface area contributed by atoms with Crippen LogP contribution in [0.15, 0.2) is 24.3 Å². The van der Waals surface area contributed by atoms with Crippen LogP contribution in [-0.2, 0) is 18.4 Å². The summed E-state index contributed by atoms with van der Waals surface area (Å²) < 4.78 is 22.7. The molecular formula is C31H62N2O6P+. The zero-order chi connectivity index (χ0) is 30.1. The van der Waals surface area contributed by atoms with Crippen LogP contribution in [0.5, 0.6) is 0 Å². The van der Waals surface area contributed by atoms with Crippen molar-refractivity contribution < 1.29 is 32.9 Å². The fourth-order valence-electron chi connectivity index (χ4n) is 4.21. The van der Waals surface area contributed by atoms with Gasteiger partial charge in [-0.3, -0.25) is 13.8 Å². The van der Waals surface area contributed by atoms with Crippen LogP contribution in [0.2, 0.25) is 0 Å². The number of phosphoric acid groups is 1. The Morgan fingerprint density at radius 2 is 1.32 bits per heavy atom. The van der Waals surface area contributed by atoms with Gasteiger partial charge in [0.1, 0.15) is 13.2 Å². The smallest absolute Gasteiger partial charge is 0.387 e. The number of carbonyl (C=O) groups excluding carboxylic acids is 1. The molecule has 0 aliphatic carbocycles. The number of aliphatic hydroxyl groups is 1. The van der Waals surface area contributed by atoms with Gasteiger partial charge in [-0.2, -0.15) is 0 Å². The fraction of sp³-hybridized carbons (Fsp3) is 0.839. The first-order valence-electron chi connectivity index (χ1n) is 15.7. The van der Waals surface area contributed by atoms with E-state index in [1.54, 1.807) is 6.08 Å². The molecule has 0 aliphatic rings. The molecule has 0 radical (unpaired) electrons. The van der Waals surface area contributed by atoms with Crippen LogP contribution in [-0.4, -0.2) is 73.4 Å². The average Bonchev–Trinajstić information content (AvgIpc) is 2.86. The summed E-state index contributed by atoms with van der Waals surface area (Å²) in [4.78, 5) is 21.4. The highest BCUT2D eigenvalue weighted by molar-refractivity contribution is 7.47. The number of allylic oxidation sites excluding steroid dienone is 3. The normalized spacial score (nSPS) is 15.5. The predicted octanol–water partition coefficient (Wildman–Crippen LogP) is 7.07. The number of carbonyl (C=O) groups is 1. The highest BCUT2D eigenvalue weighted by atomic mass is 31.2. The largest absolute Gasteiger partial charge is 0.472 e. The summed E-state index contributed by atoms with van der Waals surface area (Å²) in [5, 5.41) is 13.0. The van der Waals surface area contributed by atoms with Gasteiger partial charge >= 0.3 is 7.82 Å². The molecule has 0 aromatic carbocycles. The number of rotatable bonds is 27. The zero-order valence-electron chi connectivity index (χ0n) is 26.3. The Morgan fingerprint density at radius 1 is 0.825 bits per heavy atom. The molecule has 0 heterocycles. The lowest BCUT2D eigenvalue weighted by molar-refractivity contribution is -0.870. The van der Waals surface area contributed by atoms with Crippen LogP contribution in [0.1, 0.15) is 117 Å². The van der Waals surface area contributed by atoms with Gasteiger partial charge in [-0.25, -0.2) is 4.57 Å². The molecule has 0 saturated carbocycles. The lowest BCUT2D eigenvalue weighted by Gasteiger charge is -2.25. The Labute approximate surface area is 245 Å². The van der Waals surface area contributed by atoms with Crippen molar-refractivity contribution in [2.45, 2.75) is 129 Å². The Kier molecular flexibility index (Phi) is 23.9. The van der Waals surface area contributed by atoms with E-state index in [1.165, 1.54) is 90.4 Å². The van der Waals surface area contributed by atoms with Crippen LogP contribution >= 0.6 is 7.82 Å². The molecule has 8 nitrogen and oxygen atoms in total. The Balaban J connectivity index is 3.99. The number of hydrogen-bond donors (Lipinski definition) is 3. The molecule has 9 heteroatoms. The van der Waals surface area contributed by atoms with E-state index in [9.17, 15) is 19.4 Å². The Morgan fingerprint density at radius 3 is 1.85 bits per heavy atom. The molecule has 3 N–H and O–H groups in total. The predicted molar refractivity (Wildman–Crippen MR) is 166 cm³/mol. The number of aliphatic hydroxyl groups excluding tert-OH is 1. The standard InChI is InChI=1S/C31H61N2O6P/c1-6-7-8-9-10-11-12-13-14-15-16-17-18-19-20-21-22-23-24-25-31(35)30(32-29(2)34)28-39-40(36,37)38-27-26-33(3,4)5/h20-21,24-25,30-31,35H,6-19,22-23,26-28H2,1-5H3,(H-,32,34,36,37)/p+1/b21-20+,25-24+. The van der Waals surface area contributed by atoms with Gasteiger partial charge < -0.3 is 19.8 Å². The van der Waals surface area contributed by atoms with Gasteiger partial charge in [0, 0.05) is 6.92 Å². The highest BCUT2D eigenvalue weighted by Gasteiger charge is 2.27. The first-order chi connectivity index (χ1) is 19.0. The van der Waals surface area contributed by atoms with Crippen LogP contribution in [0.25, 0.3) is 0 Å². The molecule has 3 unspecified atom stereocenters. The minimum Gasteiger partial charge on any atom is -0.387 e. The Hall–Kier alpha value is -1.02. The number of unbranched alkanes of at least 4 members (excludes halogenated alkanes) is 14. The second-order valence-corrected chi connectivity index (χ2v) is 13.4. The summed E-state index contributed by atoms with van der Waals surface area (Å²) >= 11 is 0. The molecule has 236 valence electrons. The number of phosphoric ester groups is 1. The summed E-state index contributed by atoms with van der Waals surface area (Å²) in [6.07, 6.45) is 27.3. The van der Waals surface area contributed by atoms with Gasteiger partial charge in [0.15, 0.2) is 0 Å². The number of nitrogens with zero attached hydrogens (tertiary/aromatic N) is 1. The minimum absolute atomic E-state index is 0.0530. The molecule has 0 aromatic heterocycles. The van der Waals surface area contributed by atoms with Crippen molar-refractivity contribution in [1.82, 2.24) is 5.32 Å². The summed E-state index contributed by atoms with van der Waals surface area (Å²) in [5.74, 6) is -0.365. The number of quaternary nitrogens is 1. The first-order valence-corrected chi connectivity index (χ1v) is 17.2. The highest BCUT2D eigenvalue weighted by Crippen LogP contribution is 2.43. The minimum atomic E-state index is -4.29. The molecule has 40 heavy (non-hydrogen) atoms. The van der Waals surface area contributed by atoms with E-state index in [0.29, 0.717) is 11.0 Å². The lowest BCUT2D eigenvalue weighted by atomic mass is 10.0. The second kappa shape index (κ2) is 24.6. The molecule has 0 saturated heterocycles. The van der Waals surface area contributed by atoms with Crippen molar-refractivity contribution in [3.05, 3.63) is 24.3 Å². The number of nitrogens with one attached hydrogen (secondary N) is 1. The van der Waals surface area contributed by atoms with Gasteiger partial charge in [0.25, 0.3) is 0 Å². The Bertz CT molecular complexity index is 723. The maximum Gasteiger partial charge on any atom is 0.472 e. The quantitative estimate of drug-likeness (QED) is 0.0410. The van der Waals surface area contributed by atoms with Crippen molar-refractivity contribution in [2.24, 2.45) is 0 Å². The van der Waals surface area contributed by atoms with Crippen LogP contribution in [0, 0.1) is 0 Å². The third-order valence-corrected chi connectivity index (χ3v) is 7.69. The van der Waals surface area contributed by atoms with Crippen LogP contribution < -0.4 is 5.32 Å². The molecule has 3 atom stereocenters. The maximum absolute atomic E-state index is 12.1. The van der Waals surface area contributed by atoms with Gasteiger partial charge in [0.2, 0.25) is 5.91 Å². The first kappa shape index (κ1) is 39.0. The fourth-order valence-corrected chi connectivity index (χ4v) is 4.94. The van der Waals surface area contributed by atoms with Crippen molar-refractivity contribution in [2.75, 3.05) is 40.9 Å². The van der Waals surface area contributed by atoms with Gasteiger partial charge in [-0.1, -0.05) is 108 Å². The van der Waals surface area contributed by atoms with E-state index in [0.717, 1.165) is 19.3 Å². The topological polar surface area (TPSA) is 105 Å². The molecular weight excluding hydrogens is 527 g/mol. The SMILES string of the molecule is CCCCCCCCCCCCCCC/C=C/CC/C=C/C(O)C(COP(=O)(O)OCC[N+](C)(C)C)NC(C)=O. The monoisotopic (exact) mass is 589 g/mol. The molecule has 0 spiro atoms. The maximum atomic E-state index is 12.1. The van der Waals surface area contributed by atoms with E-state index in [1.807, 2.05) is 27.2 Å². The van der Waals surface area contributed by atoms with Crippen LogP contribution in [0.4, 0.5) is 0 Å². The van der Waals surface area contributed by atoms with E-state index < -0.39 is 20.0 Å². The third kappa shape index (κ3) is 27.2. The van der Waals surface area contributed by atoms with E-state index in [-0.39, 0.29) is 19.1 Å². The van der Waals surface area contributed by atoms with Crippen molar-refractivity contribution in [1.29, 1.82) is 0 Å². The van der Waals surface area contributed by atoms with Crippen molar-refractivity contribution in [3.8, 4) is 0 Å². The molecule has 0 aliphatic heterocycles. The van der Waals surface area contributed by atoms with Gasteiger partial charge in [0.05, 0.1) is 39.9 Å². The van der Waals surface area contributed by atoms with Crippen molar-refractivity contribution in [3.63, 3.8) is 0 Å². The summed E-state index contributed by atoms with van der Waals surface area (Å²) in [6, 6.07) is -0.859. The van der Waals surface area contributed by atoms with Crippen molar-refractivity contribution >= 4 is 13.7 Å². The summed E-state index contributed by atoms with van der Waals surface area (Å²) in [6.45, 7) is 3.83. The van der Waals surface area contributed by atoms with E-state index in [2.05, 4.69) is 24.4 Å². The number of likely N-dealkylation sites (N-methyl/N-ethyl adjacent to an activating group) is 1. The van der Waals surface area contributed by atoms with E-state index in [4.69, 9.17) is 9.05 Å².